The van der Waals surface area contributed by atoms with Crippen molar-refractivity contribution in [3.63, 3.8) is 0 Å². The molecule has 8 heteroatoms. The lowest BCUT2D eigenvalue weighted by Crippen LogP contribution is -2.43. The van der Waals surface area contributed by atoms with Crippen LogP contribution in [0, 0.1) is 11.6 Å². The molecule has 0 bridgehead atoms. The highest BCUT2D eigenvalue weighted by Crippen LogP contribution is 2.35. The quantitative estimate of drug-likeness (QED) is 0.667. The Bertz CT molecular complexity index is 1220. The standard InChI is InChI=1S/C22H19F2N3O3/c1-26(22(29)27-8-12-4-2-3-5-13(12)9-27)19-11-30-10-18-20(19)14-6-16(23)17(24)7-15(14)21(28)25-18/h2-7,19H,8-11H2,1H3,(H,25,28). The Morgan fingerprint density at radius 2 is 1.77 bits per heavy atom. The number of carbonyl (C=O) groups excluding carboxylic acids is 1. The summed E-state index contributed by atoms with van der Waals surface area (Å²) in [7, 11) is 1.66. The molecule has 0 radical (unpaired) electrons. The molecular weight excluding hydrogens is 392 g/mol. The maximum Gasteiger partial charge on any atom is 0.320 e. The molecule has 0 aliphatic carbocycles. The molecule has 2 aromatic carbocycles. The van der Waals surface area contributed by atoms with Crippen LogP contribution in [0.25, 0.3) is 10.8 Å². The van der Waals surface area contributed by atoms with E-state index in [-0.39, 0.29) is 24.6 Å². The number of fused-ring (bicyclic) bond motifs is 4. The van der Waals surface area contributed by atoms with Crippen LogP contribution in [0.5, 0.6) is 0 Å². The van der Waals surface area contributed by atoms with Crippen molar-refractivity contribution >= 4 is 16.8 Å². The van der Waals surface area contributed by atoms with Gasteiger partial charge in [0.2, 0.25) is 0 Å². The molecule has 3 heterocycles. The monoisotopic (exact) mass is 411 g/mol. The fourth-order valence-electron chi connectivity index (χ4n) is 4.37. The number of likely N-dealkylation sites (N-methyl/N-ethyl adjacent to an activating group) is 1. The van der Waals surface area contributed by atoms with Crippen molar-refractivity contribution in [3.8, 4) is 0 Å². The van der Waals surface area contributed by atoms with E-state index < -0.39 is 23.2 Å². The molecule has 1 atom stereocenters. The lowest BCUT2D eigenvalue weighted by molar-refractivity contribution is 0.0438. The molecule has 2 aliphatic heterocycles. The normalized spacial score (nSPS) is 17.7. The van der Waals surface area contributed by atoms with Crippen LogP contribution in [0.15, 0.2) is 41.2 Å². The first kappa shape index (κ1) is 18.7. The summed E-state index contributed by atoms with van der Waals surface area (Å²) in [5.41, 5.74) is 2.75. The number of pyridine rings is 1. The number of halogens is 2. The molecule has 30 heavy (non-hydrogen) atoms. The van der Waals surface area contributed by atoms with Gasteiger partial charge in [0.05, 0.1) is 24.6 Å². The molecular formula is C22H19F2N3O3. The van der Waals surface area contributed by atoms with Gasteiger partial charge in [-0.3, -0.25) is 4.79 Å². The Hall–Kier alpha value is -3.26. The number of rotatable bonds is 1. The van der Waals surface area contributed by atoms with Gasteiger partial charge in [-0.2, -0.15) is 0 Å². The van der Waals surface area contributed by atoms with Crippen molar-refractivity contribution in [1.29, 1.82) is 0 Å². The van der Waals surface area contributed by atoms with Crippen molar-refractivity contribution in [2.45, 2.75) is 25.7 Å². The number of ether oxygens (including phenoxy) is 1. The van der Waals surface area contributed by atoms with Gasteiger partial charge in [-0.15, -0.1) is 0 Å². The van der Waals surface area contributed by atoms with Gasteiger partial charge in [-0.1, -0.05) is 24.3 Å². The Balaban J connectivity index is 1.54. The van der Waals surface area contributed by atoms with Crippen LogP contribution in [0.2, 0.25) is 0 Å². The summed E-state index contributed by atoms with van der Waals surface area (Å²) < 4.78 is 33.4. The van der Waals surface area contributed by atoms with E-state index in [4.69, 9.17) is 4.74 Å². The molecule has 2 aliphatic rings. The number of nitrogens with zero attached hydrogens (tertiary/aromatic N) is 2. The van der Waals surface area contributed by atoms with Crippen molar-refractivity contribution in [3.05, 3.63) is 80.8 Å². The third-order valence-electron chi connectivity index (χ3n) is 5.92. The summed E-state index contributed by atoms with van der Waals surface area (Å²) in [6.45, 7) is 1.33. The number of aromatic nitrogens is 1. The Morgan fingerprint density at radius 1 is 1.13 bits per heavy atom. The summed E-state index contributed by atoms with van der Waals surface area (Å²) in [4.78, 5) is 31.6. The molecule has 2 amide bonds. The second-order valence-corrected chi connectivity index (χ2v) is 7.71. The Morgan fingerprint density at radius 3 is 2.43 bits per heavy atom. The largest absolute Gasteiger partial charge is 0.373 e. The predicted molar refractivity (Wildman–Crippen MR) is 106 cm³/mol. The molecule has 0 fully saturated rings. The van der Waals surface area contributed by atoms with E-state index in [9.17, 15) is 18.4 Å². The van der Waals surface area contributed by atoms with E-state index >= 15 is 0 Å². The lowest BCUT2D eigenvalue weighted by atomic mass is 9.95. The third-order valence-corrected chi connectivity index (χ3v) is 5.92. The summed E-state index contributed by atoms with van der Waals surface area (Å²) in [6.07, 6.45) is 0. The van der Waals surface area contributed by atoms with Crippen LogP contribution < -0.4 is 5.56 Å². The number of benzene rings is 2. The molecule has 0 saturated heterocycles. The average Bonchev–Trinajstić information content (AvgIpc) is 3.18. The average molecular weight is 411 g/mol. The van der Waals surface area contributed by atoms with Crippen LogP contribution in [0.4, 0.5) is 13.6 Å². The van der Waals surface area contributed by atoms with Gasteiger partial charge in [-0.05, 0) is 28.6 Å². The number of hydrogen-bond donors (Lipinski definition) is 1. The van der Waals surface area contributed by atoms with Gasteiger partial charge < -0.3 is 19.5 Å². The minimum Gasteiger partial charge on any atom is -0.373 e. The van der Waals surface area contributed by atoms with Crippen molar-refractivity contribution in [2.75, 3.05) is 13.7 Å². The van der Waals surface area contributed by atoms with Crippen LogP contribution in [0.1, 0.15) is 28.4 Å². The third kappa shape index (κ3) is 2.87. The SMILES string of the molecule is CN(C(=O)N1Cc2ccccc2C1)C1COCc2[nH]c(=O)c3cc(F)c(F)cc3c21. The van der Waals surface area contributed by atoms with Gasteiger partial charge in [0.25, 0.3) is 5.56 Å². The number of H-pyrrole nitrogens is 1. The molecule has 154 valence electrons. The van der Waals surface area contributed by atoms with E-state index in [0.717, 1.165) is 23.3 Å². The molecule has 0 saturated carbocycles. The van der Waals surface area contributed by atoms with E-state index in [1.54, 1.807) is 16.8 Å². The second-order valence-electron chi connectivity index (χ2n) is 7.71. The first-order valence-electron chi connectivity index (χ1n) is 9.64. The van der Waals surface area contributed by atoms with Crippen LogP contribution in [-0.4, -0.2) is 34.5 Å². The summed E-state index contributed by atoms with van der Waals surface area (Å²) >= 11 is 0. The second kappa shape index (κ2) is 6.91. The van der Waals surface area contributed by atoms with E-state index in [1.165, 1.54) is 0 Å². The smallest absolute Gasteiger partial charge is 0.320 e. The summed E-state index contributed by atoms with van der Waals surface area (Å²) in [6, 6.07) is 9.06. The molecule has 0 spiro atoms. The van der Waals surface area contributed by atoms with Crippen LogP contribution in [0.3, 0.4) is 0 Å². The highest BCUT2D eigenvalue weighted by Gasteiger charge is 2.34. The summed E-state index contributed by atoms with van der Waals surface area (Å²) in [5, 5.41) is 0.347. The number of aromatic amines is 1. The highest BCUT2D eigenvalue weighted by molar-refractivity contribution is 5.87. The molecule has 6 nitrogen and oxygen atoms in total. The maximum atomic E-state index is 14.0. The molecule has 3 aromatic rings. The van der Waals surface area contributed by atoms with Gasteiger partial charge >= 0.3 is 6.03 Å². The van der Waals surface area contributed by atoms with Crippen molar-refractivity contribution in [2.24, 2.45) is 0 Å². The minimum absolute atomic E-state index is 0.0500. The molecule has 1 N–H and O–H groups in total. The summed E-state index contributed by atoms with van der Waals surface area (Å²) in [5.74, 6) is -2.12. The number of nitrogens with one attached hydrogen (secondary N) is 1. The molecule has 5 rings (SSSR count). The fourth-order valence-corrected chi connectivity index (χ4v) is 4.37. The zero-order valence-electron chi connectivity index (χ0n) is 16.2. The predicted octanol–water partition coefficient (Wildman–Crippen LogP) is 3.45. The van der Waals surface area contributed by atoms with Crippen molar-refractivity contribution < 1.29 is 18.3 Å². The van der Waals surface area contributed by atoms with Gasteiger partial charge in [0, 0.05) is 31.4 Å². The Kier molecular flexibility index (Phi) is 4.32. The van der Waals surface area contributed by atoms with Crippen LogP contribution in [-0.2, 0) is 24.4 Å². The van der Waals surface area contributed by atoms with Gasteiger partial charge in [0.15, 0.2) is 11.6 Å². The van der Waals surface area contributed by atoms with Gasteiger partial charge in [-0.25, -0.2) is 13.6 Å². The Labute approximate surface area is 170 Å². The number of urea groups is 1. The highest BCUT2D eigenvalue weighted by atomic mass is 19.2. The van der Waals surface area contributed by atoms with E-state index in [0.29, 0.717) is 29.7 Å². The topological polar surface area (TPSA) is 65.6 Å². The fraction of sp³-hybridized carbons (Fsp3) is 0.273. The minimum atomic E-state index is -1.09. The zero-order valence-corrected chi connectivity index (χ0v) is 16.2. The van der Waals surface area contributed by atoms with E-state index in [2.05, 4.69) is 4.98 Å². The van der Waals surface area contributed by atoms with Gasteiger partial charge in [0.1, 0.15) is 0 Å². The molecule has 1 aromatic heterocycles. The van der Waals surface area contributed by atoms with E-state index in [1.807, 2.05) is 24.3 Å². The lowest BCUT2D eigenvalue weighted by Gasteiger charge is -2.35. The first-order valence-corrected chi connectivity index (χ1v) is 9.64. The van der Waals surface area contributed by atoms with Crippen molar-refractivity contribution in [1.82, 2.24) is 14.8 Å². The number of amides is 2. The molecule has 1 unspecified atom stereocenters. The number of carbonyl (C=O) groups is 1. The maximum absolute atomic E-state index is 14.0. The first-order chi connectivity index (χ1) is 14.4. The van der Waals surface area contributed by atoms with Crippen LogP contribution >= 0.6 is 0 Å². The zero-order chi connectivity index (χ0) is 21.0. The number of hydrogen-bond acceptors (Lipinski definition) is 3.